The fourth-order valence-corrected chi connectivity index (χ4v) is 3.05. The SMILES string of the molecule is CCNC(=NCc1ccc(OC)c(C(=O)OC)c1)NCCN(C(C)C)C(C)C.I. The summed E-state index contributed by atoms with van der Waals surface area (Å²) in [5.41, 5.74) is 1.31. The van der Waals surface area contributed by atoms with Crippen molar-refractivity contribution in [3.8, 4) is 5.75 Å². The average molecular weight is 520 g/mol. The molecular formula is C21H37IN4O3. The van der Waals surface area contributed by atoms with Crippen LogP contribution >= 0.6 is 24.0 Å². The van der Waals surface area contributed by atoms with Crippen molar-refractivity contribution in [3.05, 3.63) is 29.3 Å². The van der Waals surface area contributed by atoms with Gasteiger partial charge in [-0.05, 0) is 52.3 Å². The van der Waals surface area contributed by atoms with Gasteiger partial charge in [-0.3, -0.25) is 4.90 Å². The van der Waals surface area contributed by atoms with Crippen LogP contribution in [0.5, 0.6) is 5.75 Å². The van der Waals surface area contributed by atoms with E-state index in [9.17, 15) is 4.79 Å². The average Bonchev–Trinajstić information content (AvgIpc) is 2.67. The van der Waals surface area contributed by atoms with Crippen LogP contribution in [0.25, 0.3) is 0 Å². The van der Waals surface area contributed by atoms with Gasteiger partial charge in [-0.1, -0.05) is 6.07 Å². The van der Waals surface area contributed by atoms with E-state index >= 15 is 0 Å². The van der Waals surface area contributed by atoms with Gasteiger partial charge in [0.05, 0.1) is 20.8 Å². The second kappa shape index (κ2) is 14.4. The van der Waals surface area contributed by atoms with E-state index in [4.69, 9.17) is 9.47 Å². The van der Waals surface area contributed by atoms with Crippen LogP contribution in [-0.4, -0.2) is 62.8 Å². The Morgan fingerprint density at radius 1 is 1.14 bits per heavy atom. The van der Waals surface area contributed by atoms with Gasteiger partial charge in [0.2, 0.25) is 0 Å². The molecule has 0 saturated carbocycles. The number of halogens is 1. The van der Waals surface area contributed by atoms with Crippen molar-refractivity contribution < 1.29 is 14.3 Å². The summed E-state index contributed by atoms with van der Waals surface area (Å²) in [7, 11) is 2.89. The molecule has 0 heterocycles. The van der Waals surface area contributed by atoms with Crippen molar-refractivity contribution in [2.24, 2.45) is 4.99 Å². The van der Waals surface area contributed by atoms with Gasteiger partial charge in [0.15, 0.2) is 5.96 Å². The largest absolute Gasteiger partial charge is 0.496 e. The Balaban J connectivity index is 0.00000784. The molecule has 0 bridgehead atoms. The fraction of sp³-hybridized carbons (Fsp3) is 0.619. The summed E-state index contributed by atoms with van der Waals surface area (Å²) in [6, 6.07) is 6.42. The number of nitrogens with zero attached hydrogens (tertiary/aromatic N) is 2. The van der Waals surface area contributed by atoms with Crippen LogP contribution in [0.1, 0.15) is 50.5 Å². The highest BCUT2D eigenvalue weighted by atomic mass is 127. The number of rotatable bonds is 10. The van der Waals surface area contributed by atoms with E-state index in [1.165, 1.54) is 14.2 Å². The number of benzene rings is 1. The minimum absolute atomic E-state index is 0. The molecule has 8 heteroatoms. The molecule has 166 valence electrons. The fourth-order valence-electron chi connectivity index (χ4n) is 3.05. The standard InChI is InChI=1S/C21H36N4O3.HI/c1-8-22-21(23-11-12-25(15(2)3)16(4)5)24-14-17-9-10-19(27-6)18(13-17)20(26)28-7;/h9-10,13,15-16H,8,11-12,14H2,1-7H3,(H2,22,23,24);1H. The lowest BCUT2D eigenvalue weighted by Crippen LogP contribution is -2.45. The van der Waals surface area contributed by atoms with Crippen molar-refractivity contribution in [1.29, 1.82) is 0 Å². The Kier molecular flexibility index (Phi) is 13.7. The van der Waals surface area contributed by atoms with Gasteiger partial charge >= 0.3 is 5.97 Å². The molecule has 0 aliphatic heterocycles. The van der Waals surface area contributed by atoms with Crippen LogP contribution in [0.4, 0.5) is 0 Å². The van der Waals surface area contributed by atoms with E-state index < -0.39 is 5.97 Å². The van der Waals surface area contributed by atoms with Crippen molar-refractivity contribution >= 4 is 35.9 Å². The summed E-state index contributed by atoms with van der Waals surface area (Å²) >= 11 is 0. The maximum absolute atomic E-state index is 11.9. The molecule has 0 fully saturated rings. The molecule has 1 aromatic carbocycles. The third-order valence-corrected chi connectivity index (χ3v) is 4.42. The number of hydrogen-bond acceptors (Lipinski definition) is 5. The number of methoxy groups -OCH3 is 2. The van der Waals surface area contributed by atoms with E-state index in [1.807, 2.05) is 13.0 Å². The molecule has 0 unspecified atom stereocenters. The summed E-state index contributed by atoms with van der Waals surface area (Å²) in [6.07, 6.45) is 0. The molecule has 0 aromatic heterocycles. The lowest BCUT2D eigenvalue weighted by molar-refractivity contribution is 0.0597. The smallest absolute Gasteiger partial charge is 0.341 e. The first-order valence-electron chi connectivity index (χ1n) is 9.87. The van der Waals surface area contributed by atoms with E-state index in [0.29, 0.717) is 29.9 Å². The zero-order valence-corrected chi connectivity index (χ0v) is 21.1. The van der Waals surface area contributed by atoms with E-state index in [-0.39, 0.29) is 24.0 Å². The van der Waals surface area contributed by atoms with E-state index in [2.05, 4.69) is 48.2 Å². The molecule has 29 heavy (non-hydrogen) atoms. The number of carbonyl (C=O) groups excluding carboxylic acids is 1. The van der Waals surface area contributed by atoms with Gasteiger partial charge in [0.1, 0.15) is 11.3 Å². The number of ether oxygens (including phenoxy) is 2. The van der Waals surface area contributed by atoms with Crippen LogP contribution in [0.3, 0.4) is 0 Å². The molecule has 1 aromatic rings. The van der Waals surface area contributed by atoms with Crippen molar-refractivity contribution in [2.75, 3.05) is 33.9 Å². The molecule has 1 rings (SSSR count). The van der Waals surface area contributed by atoms with Crippen LogP contribution in [-0.2, 0) is 11.3 Å². The second-order valence-corrected chi connectivity index (χ2v) is 7.07. The topological polar surface area (TPSA) is 75.2 Å². The van der Waals surface area contributed by atoms with Crippen LogP contribution in [0.15, 0.2) is 23.2 Å². The lowest BCUT2D eigenvalue weighted by atomic mass is 10.1. The molecule has 0 amide bonds. The van der Waals surface area contributed by atoms with Gasteiger partial charge in [-0.25, -0.2) is 9.79 Å². The lowest BCUT2D eigenvalue weighted by Gasteiger charge is -2.30. The number of carbonyl (C=O) groups is 1. The molecule has 0 saturated heterocycles. The molecule has 0 atom stereocenters. The predicted octanol–water partition coefficient (Wildman–Crippen LogP) is 3.27. The molecule has 0 radical (unpaired) electrons. The minimum Gasteiger partial charge on any atom is -0.496 e. The van der Waals surface area contributed by atoms with Gasteiger partial charge in [-0.15, -0.1) is 24.0 Å². The van der Waals surface area contributed by atoms with Crippen molar-refractivity contribution in [2.45, 2.75) is 53.2 Å². The van der Waals surface area contributed by atoms with E-state index in [0.717, 1.165) is 31.2 Å². The molecule has 0 spiro atoms. The van der Waals surface area contributed by atoms with Crippen molar-refractivity contribution in [3.63, 3.8) is 0 Å². The first-order chi connectivity index (χ1) is 13.3. The molecule has 7 nitrogen and oxygen atoms in total. The predicted molar refractivity (Wildman–Crippen MR) is 130 cm³/mol. The summed E-state index contributed by atoms with van der Waals surface area (Å²) in [5.74, 6) is 0.827. The zero-order chi connectivity index (χ0) is 21.1. The maximum atomic E-state index is 11.9. The highest BCUT2D eigenvalue weighted by Crippen LogP contribution is 2.21. The molecule has 2 N–H and O–H groups in total. The molecule has 0 aliphatic rings. The van der Waals surface area contributed by atoms with Gasteiger partial charge in [0, 0.05) is 31.7 Å². The Morgan fingerprint density at radius 2 is 1.79 bits per heavy atom. The first kappa shape index (κ1) is 27.5. The highest BCUT2D eigenvalue weighted by molar-refractivity contribution is 14.0. The number of nitrogens with one attached hydrogen (secondary N) is 2. The third-order valence-electron chi connectivity index (χ3n) is 4.42. The summed E-state index contributed by atoms with van der Waals surface area (Å²) < 4.78 is 10.1. The van der Waals surface area contributed by atoms with E-state index in [1.54, 1.807) is 12.1 Å². The Hall–Kier alpha value is -1.55. The summed E-state index contributed by atoms with van der Waals surface area (Å²) in [6.45, 7) is 13.8. The normalized spacial score (nSPS) is 11.4. The molecular weight excluding hydrogens is 483 g/mol. The Bertz CT molecular complexity index is 643. The Labute approximate surface area is 192 Å². The highest BCUT2D eigenvalue weighted by Gasteiger charge is 2.14. The van der Waals surface area contributed by atoms with Crippen LogP contribution in [0.2, 0.25) is 0 Å². The Morgan fingerprint density at radius 3 is 2.31 bits per heavy atom. The second-order valence-electron chi connectivity index (χ2n) is 7.07. The summed E-state index contributed by atoms with van der Waals surface area (Å²) in [4.78, 5) is 19.0. The number of aliphatic imine (C=N–C) groups is 1. The monoisotopic (exact) mass is 520 g/mol. The number of esters is 1. The van der Waals surface area contributed by atoms with Crippen molar-refractivity contribution in [1.82, 2.24) is 15.5 Å². The summed E-state index contributed by atoms with van der Waals surface area (Å²) in [5, 5.41) is 6.64. The van der Waals surface area contributed by atoms with Gasteiger partial charge in [0.25, 0.3) is 0 Å². The van der Waals surface area contributed by atoms with Gasteiger partial charge in [-0.2, -0.15) is 0 Å². The molecule has 0 aliphatic carbocycles. The first-order valence-corrected chi connectivity index (χ1v) is 9.87. The van der Waals surface area contributed by atoms with Crippen LogP contribution in [0, 0.1) is 0 Å². The van der Waals surface area contributed by atoms with Gasteiger partial charge < -0.3 is 20.1 Å². The third kappa shape index (κ3) is 9.20. The number of hydrogen-bond donors (Lipinski definition) is 2. The number of guanidine groups is 1. The van der Waals surface area contributed by atoms with Crippen LogP contribution < -0.4 is 15.4 Å². The zero-order valence-electron chi connectivity index (χ0n) is 18.7. The maximum Gasteiger partial charge on any atom is 0.341 e. The minimum atomic E-state index is -0.421. The quantitative estimate of drug-likeness (QED) is 0.214.